The molecule has 4 heteroatoms. The first-order chi connectivity index (χ1) is 10.8. The summed E-state index contributed by atoms with van der Waals surface area (Å²) < 4.78 is 0. The number of anilines is 1. The van der Waals surface area contributed by atoms with Crippen LogP contribution in [0, 0.1) is 0 Å². The maximum atomic E-state index is 12.2. The van der Waals surface area contributed by atoms with Crippen LogP contribution in [0.3, 0.4) is 0 Å². The Morgan fingerprint density at radius 3 is 2.59 bits per heavy atom. The molecule has 1 fully saturated rings. The molecule has 0 saturated carbocycles. The minimum absolute atomic E-state index is 0.00225. The van der Waals surface area contributed by atoms with Crippen molar-refractivity contribution in [3.8, 4) is 11.1 Å². The smallest absolute Gasteiger partial charge is 0.321 e. The van der Waals surface area contributed by atoms with Gasteiger partial charge in [-0.05, 0) is 60.2 Å². The van der Waals surface area contributed by atoms with Crippen LogP contribution in [-0.2, 0) is 6.42 Å². The highest BCUT2D eigenvalue weighted by molar-refractivity contribution is 5.90. The number of rotatable bonds is 3. The maximum Gasteiger partial charge on any atom is 0.321 e. The summed E-state index contributed by atoms with van der Waals surface area (Å²) in [5, 5.41) is 3.02. The Kier molecular flexibility index (Phi) is 4.37. The van der Waals surface area contributed by atoms with Crippen LogP contribution in [0.4, 0.5) is 10.5 Å². The van der Waals surface area contributed by atoms with Crippen molar-refractivity contribution in [2.75, 3.05) is 18.4 Å². The monoisotopic (exact) mass is 295 g/mol. The zero-order valence-corrected chi connectivity index (χ0v) is 12.9. The predicted octanol–water partition coefficient (Wildman–Crippen LogP) is 3.94. The van der Waals surface area contributed by atoms with Gasteiger partial charge in [-0.3, -0.25) is 4.98 Å². The first-order valence-corrected chi connectivity index (χ1v) is 7.87. The maximum absolute atomic E-state index is 12.2. The Bertz CT molecular complexity index is 649. The van der Waals surface area contributed by atoms with Gasteiger partial charge >= 0.3 is 6.03 Å². The number of hydrogen-bond donors (Lipinski definition) is 1. The summed E-state index contributed by atoms with van der Waals surface area (Å²) in [5.74, 6) is 0. The van der Waals surface area contributed by atoms with Crippen LogP contribution in [0.5, 0.6) is 0 Å². The summed E-state index contributed by atoms with van der Waals surface area (Å²) in [7, 11) is 0. The van der Waals surface area contributed by atoms with E-state index in [0.717, 1.165) is 49.2 Å². The van der Waals surface area contributed by atoms with Crippen molar-refractivity contribution < 1.29 is 4.79 Å². The van der Waals surface area contributed by atoms with Gasteiger partial charge in [0, 0.05) is 31.2 Å². The number of hydrogen-bond acceptors (Lipinski definition) is 2. The van der Waals surface area contributed by atoms with Crippen molar-refractivity contribution in [1.82, 2.24) is 9.88 Å². The molecule has 2 amide bonds. The SMILES string of the molecule is CCc1ccc(NC(=O)N2CCCC2)cc1-c1ccncc1. The van der Waals surface area contributed by atoms with Gasteiger partial charge in [-0.25, -0.2) is 4.79 Å². The zero-order valence-electron chi connectivity index (χ0n) is 12.9. The van der Waals surface area contributed by atoms with Gasteiger partial charge in [-0.2, -0.15) is 0 Å². The Hall–Kier alpha value is -2.36. The highest BCUT2D eigenvalue weighted by Crippen LogP contribution is 2.27. The van der Waals surface area contributed by atoms with Crippen molar-refractivity contribution in [2.24, 2.45) is 0 Å². The molecule has 0 radical (unpaired) electrons. The molecule has 4 nitrogen and oxygen atoms in total. The van der Waals surface area contributed by atoms with E-state index < -0.39 is 0 Å². The molecule has 0 spiro atoms. The average Bonchev–Trinajstić information content (AvgIpc) is 3.10. The lowest BCUT2D eigenvalue weighted by Gasteiger charge is -2.17. The van der Waals surface area contributed by atoms with Gasteiger partial charge in [-0.1, -0.05) is 13.0 Å². The first-order valence-electron chi connectivity index (χ1n) is 7.87. The highest BCUT2D eigenvalue weighted by Gasteiger charge is 2.18. The van der Waals surface area contributed by atoms with Crippen LogP contribution in [-0.4, -0.2) is 29.0 Å². The fourth-order valence-corrected chi connectivity index (χ4v) is 2.89. The quantitative estimate of drug-likeness (QED) is 0.932. The molecule has 0 bridgehead atoms. The lowest BCUT2D eigenvalue weighted by atomic mass is 9.98. The largest absolute Gasteiger partial charge is 0.325 e. The van der Waals surface area contributed by atoms with Crippen molar-refractivity contribution in [1.29, 1.82) is 0 Å². The summed E-state index contributed by atoms with van der Waals surface area (Å²) in [6.07, 6.45) is 6.75. The number of carbonyl (C=O) groups is 1. The summed E-state index contributed by atoms with van der Waals surface area (Å²) >= 11 is 0. The molecule has 0 aliphatic carbocycles. The predicted molar refractivity (Wildman–Crippen MR) is 88.9 cm³/mol. The summed E-state index contributed by atoms with van der Waals surface area (Å²) in [6.45, 7) is 3.86. The standard InChI is InChI=1S/C18H21N3O/c1-2-14-5-6-16(20-18(22)21-11-3-4-12-21)13-17(14)15-7-9-19-10-8-15/h5-10,13H,2-4,11-12H2,1H3,(H,20,22). The van der Waals surface area contributed by atoms with E-state index in [0.29, 0.717) is 0 Å². The van der Waals surface area contributed by atoms with Gasteiger partial charge < -0.3 is 10.2 Å². The van der Waals surface area contributed by atoms with Crippen LogP contribution in [0.2, 0.25) is 0 Å². The Labute approximate surface area is 131 Å². The van der Waals surface area contributed by atoms with Crippen molar-refractivity contribution in [2.45, 2.75) is 26.2 Å². The van der Waals surface area contributed by atoms with Crippen molar-refractivity contribution in [3.05, 3.63) is 48.3 Å². The van der Waals surface area contributed by atoms with E-state index in [-0.39, 0.29) is 6.03 Å². The number of carbonyl (C=O) groups excluding carboxylic acids is 1. The third kappa shape index (κ3) is 3.11. The van der Waals surface area contributed by atoms with E-state index in [2.05, 4.69) is 29.4 Å². The van der Waals surface area contributed by atoms with E-state index in [4.69, 9.17) is 0 Å². The van der Waals surface area contributed by atoms with Crippen LogP contribution in [0.15, 0.2) is 42.7 Å². The van der Waals surface area contributed by atoms with Crippen LogP contribution >= 0.6 is 0 Å². The molecule has 1 aliphatic heterocycles. The Morgan fingerprint density at radius 2 is 1.91 bits per heavy atom. The van der Waals surface area contributed by atoms with Crippen LogP contribution in [0.25, 0.3) is 11.1 Å². The fourth-order valence-electron chi connectivity index (χ4n) is 2.89. The molecule has 22 heavy (non-hydrogen) atoms. The zero-order chi connectivity index (χ0) is 15.4. The highest BCUT2D eigenvalue weighted by atomic mass is 16.2. The van der Waals surface area contributed by atoms with E-state index >= 15 is 0 Å². The van der Waals surface area contributed by atoms with E-state index in [1.54, 1.807) is 12.4 Å². The molecule has 1 aromatic carbocycles. The van der Waals surface area contributed by atoms with Gasteiger partial charge in [0.2, 0.25) is 0 Å². The fraction of sp³-hybridized carbons (Fsp3) is 0.333. The minimum atomic E-state index is 0.00225. The number of nitrogens with one attached hydrogen (secondary N) is 1. The van der Waals surface area contributed by atoms with E-state index in [1.165, 1.54) is 5.56 Å². The van der Waals surface area contributed by atoms with Gasteiger partial charge in [0.15, 0.2) is 0 Å². The molecule has 1 aromatic heterocycles. The van der Waals surface area contributed by atoms with Crippen molar-refractivity contribution in [3.63, 3.8) is 0 Å². The number of benzene rings is 1. The third-order valence-electron chi connectivity index (χ3n) is 4.13. The third-order valence-corrected chi connectivity index (χ3v) is 4.13. The molecule has 1 aliphatic rings. The molecule has 2 aromatic rings. The topological polar surface area (TPSA) is 45.2 Å². The summed E-state index contributed by atoms with van der Waals surface area (Å²) in [6, 6.07) is 10.1. The second kappa shape index (κ2) is 6.60. The van der Waals surface area contributed by atoms with E-state index in [1.807, 2.05) is 23.1 Å². The molecule has 3 rings (SSSR count). The van der Waals surface area contributed by atoms with Gasteiger partial charge in [-0.15, -0.1) is 0 Å². The molecule has 0 atom stereocenters. The number of aryl methyl sites for hydroxylation is 1. The van der Waals surface area contributed by atoms with Gasteiger partial charge in [0.05, 0.1) is 0 Å². The minimum Gasteiger partial charge on any atom is -0.325 e. The summed E-state index contributed by atoms with van der Waals surface area (Å²) in [4.78, 5) is 18.2. The molecule has 1 saturated heterocycles. The number of pyridine rings is 1. The Balaban J connectivity index is 1.85. The molecule has 2 heterocycles. The molecule has 114 valence electrons. The van der Waals surface area contributed by atoms with Gasteiger partial charge in [0.25, 0.3) is 0 Å². The lowest BCUT2D eigenvalue weighted by Crippen LogP contribution is -2.32. The molecule has 1 N–H and O–H groups in total. The average molecular weight is 295 g/mol. The van der Waals surface area contributed by atoms with Crippen LogP contribution in [0.1, 0.15) is 25.3 Å². The summed E-state index contributed by atoms with van der Waals surface area (Å²) in [5.41, 5.74) is 4.40. The first kappa shape index (κ1) is 14.6. The molecular formula is C18H21N3O. The number of nitrogens with zero attached hydrogens (tertiary/aromatic N) is 2. The number of likely N-dealkylation sites (tertiary alicyclic amines) is 1. The van der Waals surface area contributed by atoms with E-state index in [9.17, 15) is 4.79 Å². The number of aromatic nitrogens is 1. The normalized spacial score (nSPS) is 14.1. The second-order valence-corrected chi connectivity index (χ2v) is 5.59. The molecular weight excluding hydrogens is 274 g/mol. The second-order valence-electron chi connectivity index (χ2n) is 5.59. The number of amides is 2. The van der Waals surface area contributed by atoms with Gasteiger partial charge in [0.1, 0.15) is 0 Å². The lowest BCUT2D eigenvalue weighted by molar-refractivity contribution is 0.222. The van der Waals surface area contributed by atoms with Crippen LogP contribution < -0.4 is 5.32 Å². The Morgan fingerprint density at radius 1 is 1.18 bits per heavy atom. The van der Waals surface area contributed by atoms with Crippen molar-refractivity contribution >= 4 is 11.7 Å². The molecule has 0 unspecified atom stereocenters. The number of urea groups is 1.